The van der Waals surface area contributed by atoms with E-state index in [-0.39, 0.29) is 22.5 Å². The number of aromatic nitrogens is 2. The van der Waals surface area contributed by atoms with Crippen LogP contribution < -0.4 is 0 Å². The number of halogens is 3. The predicted octanol–water partition coefficient (Wildman–Crippen LogP) is 1.88. The molecule has 1 rings (SSSR count). The molecule has 4 nitrogen and oxygen atoms in total. The molecule has 0 atom stereocenters. The van der Waals surface area contributed by atoms with Crippen LogP contribution >= 0.6 is 11.8 Å². The van der Waals surface area contributed by atoms with Gasteiger partial charge in [0.15, 0.2) is 0 Å². The first kappa shape index (κ1) is 11.8. The van der Waals surface area contributed by atoms with Crippen molar-refractivity contribution in [3.8, 4) is 0 Å². The van der Waals surface area contributed by atoms with E-state index in [9.17, 15) is 18.0 Å². The van der Waals surface area contributed by atoms with Crippen LogP contribution in [0, 0.1) is 0 Å². The molecule has 0 aliphatic carbocycles. The summed E-state index contributed by atoms with van der Waals surface area (Å²) in [6, 6.07) is 0. The number of thioether (sulfide) groups is 1. The number of hydrogen-bond acceptors (Lipinski definition) is 5. The quantitative estimate of drug-likeness (QED) is 0.581. The van der Waals surface area contributed by atoms with Gasteiger partial charge in [-0.05, 0) is 11.8 Å². The minimum atomic E-state index is -4.39. The van der Waals surface area contributed by atoms with Gasteiger partial charge in [-0.25, -0.2) is 14.8 Å². The summed E-state index contributed by atoms with van der Waals surface area (Å²) in [5.41, 5.74) is -4.39. The van der Waals surface area contributed by atoms with Gasteiger partial charge >= 0.3 is 11.5 Å². The summed E-state index contributed by atoms with van der Waals surface area (Å²) < 4.78 is 39.9. The van der Waals surface area contributed by atoms with Gasteiger partial charge in [0.1, 0.15) is 0 Å². The second-order valence-electron chi connectivity index (χ2n) is 2.28. The SMILES string of the molecule is COC(=O)c1ncc(SC(F)(F)F)cn1. The highest BCUT2D eigenvalue weighted by Crippen LogP contribution is 2.35. The molecule has 0 unspecified atom stereocenters. The van der Waals surface area contributed by atoms with Gasteiger partial charge in [0.2, 0.25) is 5.82 Å². The van der Waals surface area contributed by atoms with Gasteiger partial charge in [-0.15, -0.1) is 0 Å². The third kappa shape index (κ3) is 3.74. The summed E-state index contributed by atoms with van der Waals surface area (Å²) in [6.45, 7) is 0. The Bertz CT molecular complexity index is 352. The molecule has 0 bridgehead atoms. The fourth-order valence-electron chi connectivity index (χ4n) is 0.699. The summed E-state index contributed by atoms with van der Waals surface area (Å²) in [6.07, 6.45) is 1.83. The number of hydrogen-bond donors (Lipinski definition) is 0. The molecule has 0 N–H and O–H groups in total. The van der Waals surface area contributed by atoms with Gasteiger partial charge in [0, 0.05) is 12.4 Å². The molecule has 0 saturated carbocycles. The van der Waals surface area contributed by atoms with Crippen molar-refractivity contribution in [2.75, 3.05) is 7.11 Å². The first-order valence-electron chi connectivity index (χ1n) is 3.58. The summed E-state index contributed by atoms with van der Waals surface area (Å²) in [7, 11) is 1.13. The van der Waals surface area contributed by atoms with Gasteiger partial charge in [-0.3, -0.25) is 0 Å². The zero-order valence-electron chi connectivity index (χ0n) is 7.41. The summed E-state index contributed by atoms with van der Waals surface area (Å²) >= 11 is -0.348. The van der Waals surface area contributed by atoms with Crippen molar-refractivity contribution in [1.82, 2.24) is 9.97 Å². The molecule has 1 aromatic rings. The van der Waals surface area contributed by atoms with Crippen LogP contribution in [0.4, 0.5) is 13.2 Å². The Labute approximate surface area is 86.9 Å². The Morgan fingerprint density at radius 3 is 2.33 bits per heavy atom. The minimum absolute atomic E-state index is 0.185. The molecule has 0 aromatic carbocycles. The Hall–Kier alpha value is -1.31. The van der Waals surface area contributed by atoms with Crippen molar-refractivity contribution in [1.29, 1.82) is 0 Å². The third-order valence-electron chi connectivity index (χ3n) is 1.23. The number of methoxy groups -OCH3 is 1. The van der Waals surface area contributed by atoms with E-state index in [1.807, 2.05) is 0 Å². The summed E-state index contributed by atoms with van der Waals surface area (Å²) in [4.78, 5) is 17.5. The predicted molar refractivity (Wildman–Crippen MR) is 45.3 cm³/mol. The lowest BCUT2D eigenvalue weighted by Gasteiger charge is -2.04. The average molecular weight is 238 g/mol. The highest BCUT2D eigenvalue weighted by atomic mass is 32.2. The van der Waals surface area contributed by atoms with Crippen LogP contribution in [0.3, 0.4) is 0 Å². The maximum absolute atomic E-state index is 11.9. The Morgan fingerprint density at radius 2 is 1.93 bits per heavy atom. The zero-order valence-corrected chi connectivity index (χ0v) is 8.22. The molecular formula is C7H5F3N2O2S. The summed E-state index contributed by atoms with van der Waals surface area (Å²) in [5.74, 6) is -1.07. The van der Waals surface area contributed by atoms with Crippen LogP contribution in [0.2, 0.25) is 0 Å². The van der Waals surface area contributed by atoms with Crippen molar-refractivity contribution >= 4 is 17.7 Å². The van der Waals surface area contributed by atoms with Gasteiger partial charge in [-0.1, -0.05) is 0 Å². The maximum Gasteiger partial charge on any atom is 0.446 e. The van der Waals surface area contributed by atoms with Crippen LogP contribution in [0.1, 0.15) is 10.6 Å². The number of nitrogens with zero attached hydrogens (tertiary/aromatic N) is 2. The van der Waals surface area contributed by atoms with Crippen molar-refractivity contribution in [3.63, 3.8) is 0 Å². The zero-order chi connectivity index (χ0) is 11.5. The van der Waals surface area contributed by atoms with E-state index in [2.05, 4.69) is 14.7 Å². The van der Waals surface area contributed by atoms with E-state index in [4.69, 9.17) is 0 Å². The van der Waals surface area contributed by atoms with E-state index in [1.54, 1.807) is 0 Å². The lowest BCUT2D eigenvalue weighted by atomic mass is 10.5. The molecule has 0 radical (unpaired) electrons. The second kappa shape index (κ2) is 4.47. The average Bonchev–Trinajstić information content (AvgIpc) is 2.15. The fraction of sp³-hybridized carbons (Fsp3) is 0.286. The molecule has 0 saturated heterocycles. The molecule has 8 heteroatoms. The lowest BCUT2D eigenvalue weighted by molar-refractivity contribution is -0.0328. The Morgan fingerprint density at radius 1 is 1.40 bits per heavy atom. The molecule has 15 heavy (non-hydrogen) atoms. The highest BCUT2D eigenvalue weighted by molar-refractivity contribution is 8.00. The maximum atomic E-state index is 11.9. The molecule has 0 aliphatic heterocycles. The molecule has 1 heterocycles. The first-order chi connectivity index (χ1) is 6.92. The van der Waals surface area contributed by atoms with E-state index in [0.717, 1.165) is 19.5 Å². The molecule has 0 aliphatic rings. The van der Waals surface area contributed by atoms with Crippen LogP contribution in [-0.4, -0.2) is 28.6 Å². The number of alkyl halides is 3. The van der Waals surface area contributed by atoms with Gasteiger partial charge in [0.05, 0.1) is 12.0 Å². The minimum Gasteiger partial charge on any atom is -0.463 e. The van der Waals surface area contributed by atoms with Crippen LogP contribution in [0.15, 0.2) is 17.3 Å². The monoisotopic (exact) mass is 238 g/mol. The van der Waals surface area contributed by atoms with Crippen LogP contribution in [0.25, 0.3) is 0 Å². The number of rotatable bonds is 2. The molecule has 0 amide bonds. The molecule has 1 aromatic heterocycles. The van der Waals surface area contributed by atoms with Gasteiger partial charge < -0.3 is 4.74 Å². The second-order valence-corrected chi connectivity index (χ2v) is 3.42. The van der Waals surface area contributed by atoms with Crippen LogP contribution in [-0.2, 0) is 4.74 Å². The highest BCUT2D eigenvalue weighted by Gasteiger charge is 2.29. The van der Waals surface area contributed by atoms with Crippen LogP contribution in [0.5, 0.6) is 0 Å². The van der Waals surface area contributed by atoms with E-state index >= 15 is 0 Å². The Kier molecular flexibility index (Phi) is 3.51. The third-order valence-corrected chi connectivity index (χ3v) is 1.91. The molecule has 0 fully saturated rings. The normalized spacial score (nSPS) is 11.2. The van der Waals surface area contributed by atoms with E-state index in [0.29, 0.717) is 0 Å². The first-order valence-corrected chi connectivity index (χ1v) is 4.40. The van der Waals surface area contributed by atoms with Gasteiger partial charge in [0.25, 0.3) is 0 Å². The van der Waals surface area contributed by atoms with Crippen molar-refractivity contribution in [3.05, 3.63) is 18.2 Å². The number of ether oxygens (including phenoxy) is 1. The van der Waals surface area contributed by atoms with Crippen molar-refractivity contribution in [2.24, 2.45) is 0 Å². The van der Waals surface area contributed by atoms with E-state index < -0.39 is 11.5 Å². The smallest absolute Gasteiger partial charge is 0.446 e. The van der Waals surface area contributed by atoms with E-state index in [1.165, 1.54) is 0 Å². The largest absolute Gasteiger partial charge is 0.463 e. The Balaban J connectivity index is 2.77. The fourth-order valence-corrected chi connectivity index (χ4v) is 1.18. The molecule has 0 spiro atoms. The topological polar surface area (TPSA) is 52.1 Å². The number of esters is 1. The van der Waals surface area contributed by atoms with Crippen molar-refractivity contribution in [2.45, 2.75) is 10.4 Å². The number of carbonyl (C=O) groups is 1. The standard InChI is InChI=1S/C7H5F3N2O2S/c1-14-6(13)5-11-2-4(3-12-5)15-7(8,9)10/h2-3H,1H3. The summed E-state index contributed by atoms with van der Waals surface area (Å²) in [5, 5.41) is 0. The number of carbonyl (C=O) groups excluding carboxylic acids is 1. The van der Waals surface area contributed by atoms with Gasteiger partial charge in [-0.2, -0.15) is 13.2 Å². The molecular weight excluding hydrogens is 233 g/mol. The molecule has 82 valence electrons. The lowest BCUT2D eigenvalue weighted by Crippen LogP contribution is -2.07. The van der Waals surface area contributed by atoms with Crippen molar-refractivity contribution < 1.29 is 22.7 Å².